The third-order valence-corrected chi connectivity index (χ3v) is 4.76. The zero-order chi connectivity index (χ0) is 19.7. The third-order valence-electron chi connectivity index (χ3n) is 4.76. The molecule has 1 aromatic heterocycles. The van der Waals surface area contributed by atoms with Gasteiger partial charge in [0.1, 0.15) is 5.76 Å². The molecule has 6 heteroatoms. The van der Waals surface area contributed by atoms with E-state index in [1.54, 1.807) is 4.90 Å². The Morgan fingerprint density at radius 1 is 1.11 bits per heavy atom. The highest BCUT2D eigenvalue weighted by atomic mass is 16.7. The average molecular weight is 378 g/mol. The van der Waals surface area contributed by atoms with E-state index in [0.29, 0.717) is 35.4 Å². The van der Waals surface area contributed by atoms with Gasteiger partial charge in [0, 0.05) is 17.8 Å². The molecule has 0 aliphatic carbocycles. The van der Waals surface area contributed by atoms with Gasteiger partial charge in [-0.1, -0.05) is 12.1 Å². The Morgan fingerprint density at radius 2 is 1.93 bits per heavy atom. The standard InChI is InChI=1S/C22H22N2O4/c1-4-24(17-7-5-6-14(2)10-17)21(25)12-18-15(3)28-22(23-18)16-8-9-19-20(11-16)27-13-26-19/h5-11H,4,12-13H2,1-3H3. The molecule has 1 aliphatic heterocycles. The smallest absolute Gasteiger partial charge is 0.233 e. The number of aryl methyl sites for hydroxylation is 2. The molecular weight excluding hydrogens is 356 g/mol. The molecular formula is C22H22N2O4. The minimum Gasteiger partial charge on any atom is -0.454 e. The zero-order valence-corrected chi connectivity index (χ0v) is 16.2. The number of aromatic nitrogens is 1. The predicted octanol–water partition coefficient (Wildman–Crippen LogP) is 4.28. The minimum absolute atomic E-state index is 0.0123. The summed E-state index contributed by atoms with van der Waals surface area (Å²) in [5, 5.41) is 0. The van der Waals surface area contributed by atoms with E-state index < -0.39 is 0 Å². The lowest BCUT2D eigenvalue weighted by Gasteiger charge is -2.21. The van der Waals surface area contributed by atoms with Crippen molar-refractivity contribution in [2.24, 2.45) is 0 Å². The maximum Gasteiger partial charge on any atom is 0.233 e. The highest BCUT2D eigenvalue weighted by Gasteiger charge is 2.21. The summed E-state index contributed by atoms with van der Waals surface area (Å²) in [5.41, 5.74) is 3.44. The van der Waals surface area contributed by atoms with Crippen LogP contribution < -0.4 is 14.4 Å². The molecule has 0 fully saturated rings. The largest absolute Gasteiger partial charge is 0.454 e. The Morgan fingerprint density at radius 3 is 2.71 bits per heavy atom. The molecule has 2 aromatic carbocycles. The van der Waals surface area contributed by atoms with Crippen LogP contribution in [0.3, 0.4) is 0 Å². The highest BCUT2D eigenvalue weighted by molar-refractivity contribution is 5.94. The normalized spacial score (nSPS) is 12.2. The van der Waals surface area contributed by atoms with Crippen LogP contribution in [0.4, 0.5) is 5.69 Å². The Bertz CT molecular complexity index is 1030. The molecule has 0 atom stereocenters. The van der Waals surface area contributed by atoms with Gasteiger partial charge in [0.25, 0.3) is 0 Å². The number of benzene rings is 2. The Kier molecular flexibility index (Phi) is 4.77. The number of rotatable bonds is 5. The average Bonchev–Trinajstić information content (AvgIpc) is 3.28. The van der Waals surface area contributed by atoms with Crippen molar-refractivity contribution in [3.63, 3.8) is 0 Å². The highest BCUT2D eigenvalue weighted by Crippen LogP contribution is 2.36. The van der Waals surface area contributed by atoms with E-state index in [1.807, 2.05) is 63.2 Å². The second-order valence-corrected chi connectivity index (χ2v) is 6.74. The maximum absolute atomic E-state index is 12.9. The number of anilines is 1. The molecule has 28 heavy (non-hydrogen) atoms. The van der Waals surface area contributed by atoms with Crippen LogP contribution in [0.5, 0.6) is 11.5 Å². The number of fused-ring (bicyclic) bond motifs is 1. The van der Waals surface area contributed by atoms with E-state index in [-0.39, 0.29) is 19.1 Å². The molecule has 1 amide bonds. The van der Waals surface area contributed by atoms with Gasteiger partial charge in [0.05, 0.1) is 12.1 Å². The fraction of sp³-hybridized carbons (Fsp3) is 0.273. The van der Waals surface area contributed by atoms with Crippen molar-refractivity contribution in [2.75, 3.05) is 18.2 Å². The molecule has 2 heterocycles. The van der Waals surface area contributed by atoms with Crippen molar-refractivity contribution in [1.82, 2.24) is 4.98 Å². The van der Waals surface area contributed by atoms with E-state index >= 15 is 0 Å². The summed E-state index contributed by atoms with van der Waals surface area (Å²) >= 11 is 0. The lowest BCUT2D eigenvalue weighted by atomic mass is 10.2. The van der Waals surface area contributed by atoms with Crippen molar-refractivity contribution >= 4 is 11.6 Å². The van der Waals surface area contributed by atoms with E-state index in [2.05, 4.69) is 4.98 Å². The van der Waals surface area contributed by atoms with Crippen LogP contribution in [0.15, 0.2) is 46.9 Å². The summed E-state index contributed by atoms with van der Waals surface area (Å²) in [6.07, 6.45) is 0.182. The number of carbonyl (C=O) groups is 1. The fourth-order valence-corrected chi connectivity index (χ4v) is 3.28. The minimum atomic E-state index is -0.0123. The second kappa shape index (κ2) is 7.38. The van der Waals surface area contributed by atoms with Gasteiger partial charge in [-0.3, -0.25) is 4.79 Å². The molecule has 0 saturated carbocycles. The van der Waals surface area contributed by atoms with Crippen molar-refractivity contribution in [3.8, 4) is 23.0 Å². The van der Waals surface area contributed by atoms with Crippen LogP contribution in [-0.2, 0) is 11.2 Å². The number of oxazole rings is 1. The van der Waals surface area contributed by atoms with Crippen molar-refractivity contribution in [2.45, 2.75) is 27.2 Å². The first-order chi connectivity index (χ1) is 13.5. The van der Waals surface area contributed by atoms with Gasteiger partial charge in [-0.25, -0.2) is 4.98 Å². The van der Waals surface area contributed by atoms with Crippen LogP contribution in [0.2, 0.25) is 0 Å². The van der Waals surface area contributed by atoms with E-state index in [9.17, 15) is 4.79 Å². The number of hydrogen-bond donors (Lipinski definition) is 0. The molecule has 0 unspecified atom stereocenters. The number of ether oxygens (including phenoxy) is 2. The lowest BCUT2D eigenvalue weighted by molar-refractivity contribution is -0.118. The number of amides is 1. The predicted molar refractivity (Wildman–Crippen MR) is 106 cm³/mol. The summed E-state index contributed by atoms with van der Waals surface area (Å²) in [4.78, 5) is 19.2. The monoisotopic (exact) mass is 378 g/mol. The molecule has 1 aliphatic rings. The van der Waals surface area contributed by atoms with Gasteiger partial charge in [-0.2, -0.15) is 0 Å². The molecule has 0 saturated heterocycles. The quantitative estimate of drug-likeness (QED) is 0.663. The molecule has 6 nitrogen and oxygen atoms in total. The molecule has 0 bridgehead atoms. The Hall–Kier alpha value is -3.28. The summed E-state index contributed by atoms with van der Waals surface area (Å²) in [7, 11) is 0. The fourth-order valence-electron chi connectivity index (χ4n) is 3.28. The summed E-state index contributed by atoms with van der Waals surface area (Å²) in [6, 6.07) is 13.5. The third kappa shape index (κ3) is 3.45. The summed E-state index contributed by atoms with van der Waals surface area (Å²) in [5.74, 6) is 2.47. The maximum atomic E-state index is 12.9. The topological polar surface area (TPSA) is 64.8 Å². The van der Waals surface area contributed by atoms with Gasteiger partial charge in [-0.15, -0.1) is 0 Å². The number of hydrogen-bond acceptors (Lipinski definition) is 5. The van der Waals surface area contributed by atoms with E-state index in [4.69, 9.17) is 13.9 Å². The molecule has 4 rings (SSSR count). The molecule has 0 N–H and O–H groups in total. The molecule has 144 valence electrons. The molecule has 0 spiro atoms. The van der Waals surface area contributed by atoms with Crippen LogP contribution in [-0.4, -0.2) is 24.2 Å². The second-order valence-electron chi connectivity index (χ2n) is 6.74. The molecule has 3 aromatic rings. The van der Waals surface area contributed by atoms with Crippen molar-refractivity contribution in [1.29, 1.82) is 0 Å². The number of likely N-dealkylation sites (N-methyl/N-ethyl adjacent to an activating group) is 1. The van der Waals surface area contributed by atoms with Gasteiger partial charge in [-0.05, 0) is 56.7 Å². The van der Waals surface area contributed by atoms with Crippen LogP contribution >= 0.6 is 0 Å². The number of carbonyl (C=O) groups excluding carboxylic acids is 1. The molecule has 0 radical (unpaired) electrons. The van der Waals surface area contributed by atoms with Crippen LogP contribution in [0, 0.1) is 13.8 Å². The summed E-state index contributed by atoms with van der Waals surface area (Å²) < 4.78 is 16.6. The number of nitrogens with zero attached hydrogens (tertiary/aromatic N) is 2. The van der Waals surface area contributed by atoms with Gasteiger partial charge in [0.15, 0.2) is 11.5 Å². The van der Waals surface area contributed by atoms with Gasteiger partial charge >= 0.3 is 0 Å². The Balaban J connectivity index is 1.56. The first-order valence-electron chi connectivity index (χ1n) is 9.28. The van der Waals surface area contributed by atoms with Crippen LogP contribution in [0.1, 0.15) is 23.9 Å². The van der Waals surface area contributed by atoms with Gasteiger partial charge < -0.3 is 18.8 Å². The van der Waals surface area contributed by atoms with Crippen LogP contribution in [0.25, 0.3) is 11.5 Å². The van der Waals surface area contributed by atoms with E-state index in [0.717, 1.165) is 16.8 Å². The Labute approximate surface area is 163 Å². The first kappa shape index (κ1) is 18.1. The lowest BCUT2D eigenvalue weighted by Crippen LogP contribution is -2.32. The van der Waals surface area contributed by atoms with Crippen molar-refractivity contribution in [3.05, 3.63) is 59.5 Å². The van der Waals surface area contributed by atoms with Gasteiger partial charge in [0.2, 0.25) is 18.6 Å². The summed E-state index contributed by atoms with van der Waals surface area (Å²) in [6.45, 7) is 6.62. The first-order valence-corrected chi connectivity index (χ1v) is 9.28. The SMILES string of the molecule is CCN(C(=O)Cc1nc(-c2ccc3c(c2)OCO3)oc1C)c1cccc(C)c1. The van der Waals surface area contributed by atoms with Crippen molar-refractivity contribution < 1.29 is 18.7 Å². The van der Waals surface area contributed by atoms with E-state index in [1.165, 1.54) is 0 Å². The zero-order valence-electron chi connectivity index (χ0n) is 16.2.